The van der Waals surface area contributed by atoms with Crippen LogP contribution < -0.4 is 20.5 Å². The van der Waals surface area contributed by atoms with Gasteiger partial charge in [0.25, 0.3) is 5.91 Å². The molecule has 2 rings (SSSR count). The van der Waals surface area contributed by atoms with E-state index >= 15 is 0 Å². The summed E-state index contributed by atoms with van der Waals surface area (Å²) in [5.74, 6) is 1.63. The second kappa shape index (κ2) is 7.88. The van der Waals surface area contributed by atoms with E-state index in [-0.39, 0.29) is 0 Å². The van der Waals surface area contributed by atoms with Crippen LogP contribution in [0, 0.1) is 5.92 Å². The molecule has 0 saturated carbocycles. The van der Waals surface area contributed by atoms with Crippen molar-refractivity contribution < 1.29 is 14.3 Å². The molecule has 1 heterocycles. The number of amides is 1. The first-order valence-corrected chi connectivity index (χ1v) is 7.54. The quantitative estimate of drug-likeness (QED) is 0.802. The number of piperidine rings is 1. The van der Waals surface area contributed by atoms with Crippen molar-refractivity contribution in [1.29, 1.82) is 0 Å². The molecule has 5 nitrogen and oxygen atoms in total. The lowest BCUT2D eigenvalue weighted by atomic mass is 9.95. The molecule has 5 heteroatoms. The van der Waals surface area contributed by atoms with Gasteiger partial charge in [-0.3, -0.25) is 4.79 Å². The smallest absolute Gasteiger partial charge is 0.258 e. The molecule has 1 aromatic rings. The van der Waals surface area contributed by atoms with Crippen LogP contribution in [0.2, 0.25) is 0 Å². The molecule has 1 fully saturated rings. The van der Waals surface area contributed by atoms with Crippen molar-refractivity contribution in [3.63, 3.8) is 0 Å². The van der Waals surface area contributed by atoms with E-state index in [1.54, 1.807) is 19.1 Å². The summed E-state index contributed by atoms with van der Waals surface area (Å²) >= 11 is 0. The predicted molar refractivity (Wildman–Crippen MR) is 81.4 cm³/mol. The molecule has 1 unspecified atom stereocenters. The van der Waals surface area contributed by atoms with Gasteiger partial charge in [-0.1, -0.05) is 6.07 Å². The third-order valence-electron chi connectivity index (χ3n) is 3.77. The van der Waals surface area contributed by atoms with Gasteiger partial charge in [0.05, 0.1) is 6.61 Å². The number of hydrogen-bond acceptors (Lipinski definition) is 4. The van der Waals surface area contributed by atoms with Gasteiger partial charge in [-0.25, -0.2) is 0 Å². The molecule has 1 amide bonds. The van der Waals surface area contributed by atoms with E-state index in [0.717, 1.165) is 31.2 Å². The Bertz CT molecular complexity index is 459. The van der Waals surface area contributed by atoms with E-state index in [1.807, 2.05) is 12.1 Å². The number of rotatable bonds is 7. The average Bonchev–Trinajstić information content (AvgIpc) is 2.48. The molecule has 3 N–H and O–H groups in total. The average molecular weight is 292 g/mol. The second-order valence-corrected chi connectivity index (χ2v) is 5.47. The van der Waals surface area contributed by atoms with Crippen LogP contribution in [-0.4, -0.2) is 31.7 Å². The molecule has 1 atom stereocenters. The molecule has 0 radical (unpaired) electrons. The molecule has 0 aromatic heterocycles. The maximum absolute atomic E-state index is 11.0. The van der Waals surface area contributed by atoms with E-state index in [0.29, 0.717) is 12.4 Å². The van der Waals surface area contributed by atoms with Gasteiger partial charge in [0.1, 0.15) is 11.5 Å². The van der Waals surface area contributed by atoms with Gasteiger partial charge < -0.3 is 20.5 Å². The van der Waals surface area contributed by atoms with Gasteiger partial charge in [0.15, 0.2) is 6.10 Å². The van der Waals surface area contributed by atoms with Crippen molar-refractivity contribution in [2.75, 3.05) is 19.7 Å². The van der Waals surface area contributed by atoms with Crippen LogP contribution in [-0.2, 0) is 4.79 Å². The summed E-state index contributed by atoms with van der Waals surface area (Å²) in [4.78, 5) is 11.0. The second-order valence-electron chi connectivity index (χ2n) is 5.47. The monoisotopic (exact) mass is 292 g/mol. The number of carbonyl (C=O) groups is 1. The van der Waals surface area contributed by atoms with Crippen LogP contribution in [0.3, 0.4) is 0 Å². The maximum atomic E-state index is 11.0. The summed E-state index contributed by atoms with van der Waals surface area (Å²) < 4.78 is 11.2. The lowest BCUT2D eigenvalue weighted by Crippen LogP contribution is -2.30. The van der Waals surface area contributed by atoms with Crippen molar-refractivity contribution in [1.82, 2.24) is 5.32 Å². The minimum Gasteiger partial charge on any atom is -0.493 e. The Kier molecular flexibility index (Phi) is 5.87. The van der Waals surface area contributed by atoms with Gasteiger partial charge in [0, 0.05) is 6.07 Å². The highest BCUT2D eigenvalue weighted by molar-refractivity contribution is 5.78. The molecular weight excluding hydrogens is 268 g/mol. The summed E-state index contributed by atoms with van der Waals surface area (Å²) in [7, 11) is 0. The molecule has 0 bridgehead atoms. The van der Waals surface area contributed by atoms with Gasteiger partial charge >= 0.3 is 0 Å². The molecular formula is C16H24N2O3. The largest absolute Gasteiger partial charge is 0.493 e. The van der Waals surface area contributed by atoms with E-state index in [4.69, 9.17) is 15.2 Å². The first kappa shape index (κ1) is 15.6. The summed E-state index contributed by atoms with van der Waals surface area (Å²) in [6, 6.07) is 7.33. The number of benzene rings is 1. The lowest BCUT2D eigenvalue weighted by Gasteiger charge is -2.22. The minimum absolute atomic E-state index is 0.479. The highest BCUT2D eigenvalue weighted by Crippen LogP contribution is 2.22. The number of ether oxygens (including phenoxy) is 2. The third-order valence-corrected chi connectivity index (χ3v) is 3.77. The fourth-order valence-electron chi connectivity index (χ4n) is 2.41. The maximum Gasteiger partial charge on any atom is 0.258 e. The zero-order chi connectivity index (χ0) is 15.1. The Hall–Kier alpha value is -1.75. The highest BCUT2D eigenvalue weighted by atomic mass is 16.5. The molecule has 116 valence electrons. The number of nitrogens with two attached hydrogens (primary N) is 1. The third kappa shape index (κ3) is 5.27. The molecule has 0 spiro atoms. The molecule has 1 aliphatic heterocycles. The first-order valence-electron chi connectivity index (χ1n) is 7.54. The summed E-state index contributed by atoms with van der Waals surface area (Å²) in [5.41, 5.74) is 5.18. The number of carbonyl (C=O) groups excluding carboxylic acids is 1. The van der Waals surface area contributed by atoms with Crippen molar-refractivity contribution in [2.45, 2.75) is 32.3 Å². The summed E-state index contributed by atoms with van der Waals surface area (Å²) in [6.07, 6.45) is 2.88. The Morgan fingerprint density at radius 3 is 2.81 bits per heavy atom. The fourth-order valence-corrected chi connectivity index (χ4v) is 2.41. The van der Waals surface area contributed by atoms with Gasteiger partial charge in [-0.15, -0.1) is 0 Å². The molecule has 1 saturated heterocycles. The minimum atomic E-state index is -0.644. The van der Waals surface area contributed by atoms with Crippen LogP contribution in [0.4, 0.5) is 0 Å². The zero-order valence-corrected chi connectivity index (χ0v) is 12.5. The van der Waals surface area contributed by atoms with E-state index in [9.17, 15) is 4.79 Å². The normalized spacial score (nSPS) is 17.2. The van der Waals surface area contributed by atoms with Gasteiger partial charge in [-0.2, -0.15) is 0 Å². The Morgan fingerprint density at radius 2 is 2.10 bits per heavy atom. The molecule has 1 aliphatic rings. The standard InChI is InChI=1S/C16H24N2O3/c1-12(16(17)19)21-15-4-2-3-14(11-15)20-10-7-13-5-8-18-9-6-13/h2-4,11-13,18H,5-10H2,1H3,(H2,17,19). The van der Waals surface area contributed by atoms with Crippen molar-refractivity contribution in [3.05, 3.63) is 24.3 Å². The van der Waals surface area contributed by atoms with E-state index in [1.165, 1.54) is 12.8 Å². The van der Waals surface area contributed by atoms with E-state index in [2.05, 4.69) is 5.32 Å². The highest BCUT2D eigenvalue weighted by Gasteiger charge is 2.13. The number of primary amides is 1. The lowest BCUT2D eigenvalue weighted by molar-refractivity contribution is -0.123. The number of nitrogens with one attached hydrogen (secondary N) is 1. The van der Waals surface area contributed by atoms with Crippen LogP contribution >= 0.6 is 0 Å². The Labute approximate surface area is 125 Å². The molecule has 21 heavy (non-hydrogen) atoms. The summed E-state index contributed by atoms with van der Waals surface area (Å²) in [5, 5.41) is 3.36. The first-order chi connectivity index (χ1) is 10.1. The van der Waals surface area contributed by atoms with Crippen LogP contribution in [0.5, 0.6) is 11.5 Å². The van der Waals surface area contributed by atoms with Crippen LogP contribution in [0.25, 0.3) is 0 Å². The van der Waals surface area contributed by atoms with Gasteiger partial charge in [-0.05, 0) is 57.3 Å². The fraction of sp³-hybridized carbons (Fsp3) is 0.562. The van der Waals surface area contributed by atoms with Crippen molar-refractivity contribution in [2.24, 2.45) is 11.7 Å². The Morgan fingerprint density at radius 1 is 1.38 bits per heavy atom. The predicted octanol–water partition coefficient (Wildman–Crippen LogP) is 1.71. The van der Waals surface area contributed by atoms with Crippen LogP contribution in [0.15, 0.2) is 24.3 Å². The topological polar surface area (TPSA) is 73.6 Å². The SMILES string of the molecule is CC(Oc1cccc(OCCC2CCNCC2)c1)C(N)=O. The molecule has 1 aromatic carbocycles. The van der Waals surface area contributed by atoms with Crippen LogP contribution in [0.1, 0.15) is 26.2 Å². The summed E-state index contributed by atoms with van der Waals surface area (Å²) in [6.45, 7) is 4.56. The van der Waals surface area contributed by atoms with Gasteiger partial charge in [0.2, 0.25) is 0 Å². The zero-order valence-electron chi connectivity index (χ0n) is 12.5. The molecule has 0 aliphatic carbocycles. The van der Waals surface area contributed by atoms with Crippen molar-refractivity contribution >= 4 is 5.91 Å². The number of hydrogen-bond donors (Lipinski definition) is 2. The Balaban J connectivity index is 1.79. The van der Waals surface area contributed by atoms with E-state index < -0.39 is 12.0 Å². The van der Waals surface area contributed by atoms with Crippen molar-refractivity contribution in [3.8, 4) is 11.5 Å².